The van der Waals surface area contributed by atoms with E-state index in [-0.39, 0.29) is 0 Å². The third kappa shape index (κ3) is 1.95. The van der Waals surface area contributed by atoms with Gasteiger partial charge in [-0.1, -0.05) is 19.3 Å². The summed E-state index contributed by atoms with van der Waals surface area (Å²) >= 11 is 0. The van der Waals surface area contributed by atoms with Crippen molar-refractivity contribution in [2.24, 2.45) is 0 Å². The second-order valence-corrected chi connectivity index (χ2v) is 3.98. The number of aromatic nitrogens is 3. The van der Waals surface area contributed by atoms with Gasteiger partial charge in [-0.2, -0.15) is 5.10 Å². The van der Waals surface area contributed by atoms with E-state index in [4.69, 9.17) is 0 Å². The largest absolute Gasteiger partial charge is 0.315 e. The number of hydrogen-bond acceptors (Lipinski definition) is 3. The van der Waals surface area contributed by atoms with Gasteiger partial charge < -0.3 is 5.32 Å². The number of rotatable bonds is 2. The highest BCUT2D eigenvalue weighted by molar-refractivity contribution is 4.82. The minimum atomic E-state index is 0.491. The first-order valence-electron chi connectivity index (χ1n) is 5.43. The van der Waals surface area contributed by atoms with Gasteiger partial charge in [0.2, 0.25) is 0 Å². The van der Waals surface area contributed by atoms with Gasteiger partial charge in [-0.05, 0) is 19.9 Å². The lowest BCUT2D eigenvalue weighted by Crippen LogP contribution is -2.34. The van der Waals surface area contributed by atoms with Crippen LogP contribution in [0.3, 0.4) is 0 Å². The maximum Gasteiger partial charge on any atom is 0.137 e. The van der Waals surface area contributed by atoms with Crippen LogP contribution in [0.4, 0.5) is 0 Å². The molecule has 0 amide bonds. The van der Waals surface area contributed by atoms with E-state index in [0.29, 0.717) is 12.1 Å². The maximum atomic E-state index is 4.25. The van der Waals surface area contributed by atoms with E-state index in [1.54, 1.807) is 6.33 Å². The monoisotopic (exact) mass is 194 g/mol. The van der Waals surface area contributed by atoms with Crippen LogP contribution in [0, 0.1) is 0 Å². The van der Waals surface area contributed by atoms with Crippen LogP contribution in [0.25, 0.3) is 0 Å². The molecule has 1 fully saturated rings. The standard InChI is InChI=1S/C10H18N4/c1-11-9-5-3-2-4-6-10(9)14-8-12-7-13-14/h7-11H,2-6H2,1H3. The first-order valence-corrected chi connectivity index (χ1v) is 5.43. The Morgan fingerprint density at radius 2 is 2.14 bits per heavy atom. The molecule has 1 aliphatic rings. The van der Waals surface area contributed by atoms with Crippen LogP contribution in [-0.4, -0.2) is 27.9 Å². The zero-order valence-corrected chi connectivity index (χ0v) is 8.69. The molecule has 0 spiro atoms. The molecule has 4 nitrogen and oxygen atoms in total. The fraction of sp³-hybridized carbons (Fsp3) is 0.800. The SMILES string of the molecule is CNC1CCCCCC1n1cncn1. The predicted octanol–water partition coefficient (Wildman–Crippen LogP) is 1.37. The quantitative estimate of drug-likeness (QED) is 0.723. The van der Waals surface area contributed by atoms with Crippen molar-refractivity contribution in [2.45, 2.75) is 44.2 Å². The molecule has 1 heterocycles. The van der Waals surface area contributed by atoms with E-state index in [1.165, 1.54) is 32.1 Å². The molecule has 1 saturated carbocycles. The number of nitrogens with zero attached hydrogens (tertiary/aromatic N) is 3. The van der Waals surface area contributed by atoms with Crippen molar-refractivity contribution in [1.29, 1.82) is 0 Å². The van der Waals surface area contributed by atoms with Crippen molar-refractivity contribution in [2.75, 3.05) is 7.05 Å². The Labute approximate surface area is 84.7 Å². The minimum absolute atomic E-state index is 0.491. The van der Waals surface area contributed by atoms with E-state index in [1.807, 2.05) is 18.1 Å². The summed E-state index contributed by atoms with van der Waals surface area (Å²) in [5.41, 5.74) is 0. The topological polar surface area (TPSA) is 42.7 Å². The molecule has 0 bridgehead atoms. The van der Waals surface area contributed by atoms with Gasteiger partial charge in [0, 0.05) is 6.04 Å². The normalized spacial score (nSPS) is 28.6. The van der Waals surface area contributed by atoms with Crippen LogP contribution in [0.2, 0.25) is 0 Å². The first kappa shape index (κ1) is 9.65. The lowest BCUT2D eigenvalue weighted by Gasteiger charge is -2.24. The highest BCUT2D eigenvalue weighted by Gasteiger charge is 2.23. The fourth-order valence-electron chi connectivity index (χ4n) is 2.33. The predicted molar refractivity (Wildman–Crippen MR) is 55.0 cm³/mol. The molecular weight excluding hydrogens is 176 g/mol. The van der Waals surface area contributed by atoms with Crippen molar-refractivity contribution in [1.82, 2.24) is 20.1 Å². The number of hydrogen-bond donors (Lipinski definition) is 1. The Morgan fingerprint density at radius 1 is 1.29 bits per heavy atom. The van der Waals surface area contributed by atoms with Gasteiger partial charge in [0.05, 0.1) is 6.04 Å². The van der Waals surface area contributed by atoms with Crippen LogP contribution < -0.4 is 5.32 Å². The minimum Gasteiger partial charge on any atom is -0.315 e. The molecule has 0 aliphatic heterocycles. The molecular formula is C10H18N4. The molecule has 0 aromatic carbocycles. The summed E-state index contributed by atoms with van der Waals surface area (Å²) in [5, 5.41) is 7.64. The summed E-state index contributed by atoms with van der Waals surface area (Å²) < 4.78 is 2.01. The lowest BCUT2D eigenvalue weighted by atomic mass is 10.0. The number of nitrogens with one attached hydrogen (secondary N) is 1. The van der Waals surface area contributed by atoms with Crippen LogP contribution in [0.15, 0.2) is 12.7 Å². The Morgan fingerprint density at radius 3 is 2.86 bits per heavy atom. The van der Waals surface area contributed by atoms with Crippen LogP contribution >= 0.6 is 0 Å². The zero-order chi connectivity index (χ0) is 9.80. The second kappa shape index (κ2) is 4.55. The Hall–Kier alpha value is -0.900. The molecule has 14 heavy (non-hydrogen) atoms. The summed E-state index contributed by atoms with van der Waals surface area (Å²) in [4.78, 5) is 4.02. The van der Waals surface area contributed by atoms with E-state index < -0.39 is 0 Å². The highest BCUT2D eigenvalue weighted by atomic mass is 15.3. The van der Waals surface area contributed by atoms with Crippen molar-refractivity contribution in [3.05, 3.63) is 12.7 Å². The van der Waals surface area contributed by atoms with E-state index >= 15 is 0 Å². The number of likely N-dealkylation sites (N-methyl/N-ethyl adjacent to an activating group) is 1. The fourth-order valence-corrected chi connectivity index (χ4v) is 2.33. The molecule has 0 saturated heterocycles. The van der Waals surface area contributed by atoms with Gasteiger partial charge in [-0.15, -0.1) is 0 Å². The summed E-state index contributed by atoms with van der Waals surface area (Å²) in [7, 11) is 2.04. The van der Waals surface area contributed by atoms with E-state index in [2.05, 4.69) is 15.4 Å². The molecule has 1 aliphatic carbocycles. The Bertz CT molecular complexity index is 257. The van der Waals surface area contributed by atoms with E-state index in [9.17, 15) is 0 Å². The van der Waals surface area contributed by atoms with Crippen molar-refractivity contribution in [3.63, 3.8) is 0 Å². The van der Waals surface area contributed by atoms with Gasteiger partial charge in [-0.25, -0.2) is 9.67 Å². The summed E-state index contributed by atoms with van der Waals surface area (Å²) in [6, 6.07) is 1.05. The smallest absolute Gasteiger partial charge is 0.137 e. The molecule has 78 valence electrons. The van der Waals surface area contributed by atoms with Gasteiger partial charge in [0.15, 0.2) is 0 Å². The van der Waals surface area contributed by atoms with Gasteiger partial charge >= 0.3 is 0 Å². The molecule has 1 aromatic heterocycles. The third-order valence-corrected chi connectivity index (χ3v) is 3.13. The van der Waals surface area contributed by atoms with Crippen molar-refractivity contribution in [3.8, 4) is 0 Å². The summed E-state index contributed by atoms with van der Waals surface area (Å²) in [6.45, 7) is 0. The van der Waals surface area contributed by atoms with E-state index in [0.717, 1.165) is 0 Å². The average Bonchev–Trinajstić information content (AvgIpc) is 2.63. The van der Waals surface area contributed by atoms with Crippen LogP contribution in [-0.2, 0) is 0 Å². The summed E-state index contributed by atoms with van der Waals surface area (Å²) in [6.07, 6.45) is 9.91. The zero-order valence-electron chi connectivity index (χ0n) is 8.69. The first-order chi connectivity index (χ1) is 6.92. The van der Waals surface area contributed by atoms with Gasteiger partial charge in [0.1, 0.15) is 12.7 Å². The molecule has 2 atom stereocenters. The third-order valence-electron chi connectivity index (χ3n) is 3.13. The van der Waals surface area contributed by atoms with Crippen LogP contribution in [0.5, 0.6) is 0 Å². The molecule has 1 aromatic rings. The molecule has 2 unspecified atom stereocenters. The molecule has 1 N–H and O–H groups in total. The molecule has 0 radical (unpaired) electrons. The van der Waals surface area contributed by atoms with Crippen LogP contribution in [0.1, 0.15) is 38.1 Å². The van der Waals surface area contributed by atoms with Gasteiger partial charge in [0.25, 0.3) is 0 Å². The highest BCUT2D eigenvalue weighted by Crippen LogP contribution is 2.26. The average molecular weight is 194 g/mol. The lowest BCUT2D eigenvalue weighted by molar-refractivity contribution is 0.322. The Kier molecular flexibility index (Phi) is 3.14. The van der Waals surface area contributed by atoms with Crippen molar-refractivity contribution < 1.29 is 0 Å². The molecule has 4 heteroatoms. The maximum absolute atomic E-state index is 4.25. The molecule has 2 rings (SSSR count). The second-order valence-electron chi connectivity index (χ2n) is 3.98. The van der Waals surface area contributed by atoms with Crippen molar-refractivity contribution >= 4 is 0 Å². The Balaban J connectivity index is 2.12. The van der Waals surface area contributed by atoms with Gasteiger partial charge in [-0.3, -0.25) is 0 Å². The summed E-state index contributed by atoms with van der Waals surface area (Å²) in [5.74, 6) is 0.